The van der Waals surface area contributed by atoms with Crippen LogP contribution in [0.15, 0.2) is 22.9 Å². The smallest absolute Gasteiger partial charge is 0.139 e. The molecule has 2 heterocycles. The molecule has 0 amide bonds. The van der Waals surface area contributed by atoms with E-state index >= 15 is 0 Å². The number of hydrogen-bond acceptors (Lipinski definition) is 1. The number of rotatable bonds is 0. The number of halogens is 2. The first kappa shape index (κ1) is 6.03. The van der Waals surface area contributed by atoms with Crippen molar-refractivity contribution >= 4 is 38.6 Å². The highest BCUT2D eigenvalue weighted by molar-refractivity contribution is 9.10. The van der Waals surface area contributed by atoms with Gasteiger partial charge in [-0.2, -0.15) is 0 Å². The predicted octanol–water partition coefficient (Wildman–Crippen LogP) is 2.98. The highest BCUT2D eigenvalue weighted by Crippen LogP contribution is 2.28. The molecule has 2 aromatic rings. The topological polar surface area (TPSA) is 28.7 Å². The van der Waals surface area contributed by atoms with Gasteiger partial charge in [0.05, 0.1) is 11.8 Å². The summed E-state index contributed by atoms with van der Waals surface area (Å²) < 4.78 is 8.17. The van der Waals surface area contributed by atoms with Crippen molar-refractivity contribution in [3.63, 3.8) is 0 Å². The van der Waals surface area contributed by atoms with Crippen molar-refractivity contribution in [3.05, 3.63) is 27.9 Å². The molecule has 0 unspecified atom stereocenters. The lowest BCUT2D eigenvalue weighted by atomic mass is 10.3. The van der Waals surface area contributed by atoms with Crippen LogP contribution < -0.4 is 0 Å². The van der Waals surface area contributed by atoms with Crippen molar-refractivity contribution in [2.45, 2.75) is 0 Å². The van der Waals surface area contributed by atoms with Crippen molar-refractivity contribution in [2.24, 2.45) is 0 Å². The Morgan fingerprint density at radius 1 is 1.73 bits per heavy atom. The quantitative estimate of drug-likeness (QED) is 0.744. The molecule has 2 aromatic heterocycles. The summed E-state index contributed by atoms with van der Waals surface area (Å²) in [6.07, 6.45) is 1.92. The lowest BCUT2D eigenvalue weighted by molar-refractivity contribution is 1.32. The van der Waals surface area contributed by atoms with E-state index in [-0.39, 0.29) is 6.17 Å². The summed E-state index contributed by atoms with van der Waals surface area (Å²) in [6, 6.07) is 1.52. The number of aromatic amines is 1. The van der Waals surface area contributed by atoms with E-state index in [1.165, 1.54) is 6.07 Å². The Hall–Kier alpha value is -0.540. The number of nitrogens with one attached hydrogen (secondary N) is 1. The Kier molecular flexibility index (Phi) is 1.37. The molecule has 0 bridgehead atoms. The average Bonchev–Trinajstić information content (AvgIpc) is 2.31. The first-order chi connectivity index (χ1) is 5.68. The largest absolute Gasteiger partial charge is 0.345 e. The summed E-state index contributed by atoms with van der Waals surface area (Å²) >= 11 is 9.22. The van der Waals surface area contributed by atoms with Gasteiger partial charge >= 0.3 is 0 Å². The minimum absolute atomic E-state index is 0.168. The van der Waals surface area contributed by atoms with E-state index in [1.54, 1.807) is 6.20 Å². The molecular formula is C7H4BrClN2. The standard InChI is InChI=1S/C7H4BrClN2/c8-4-3-11-7-6(4)5(9)1-2-10-7/h1-3H,(H,10,11)/i2T. The monoisotopic (exact) mass is 232 g/mol. The third-order valence-corrected chi connectivity index (χ3v) is 2.34. The molecule has 0 saturated carbocycles. The van der Waals surface area contributed by atoms with E-state index in [1.807, 2.05) is 0 Å². The van der Waals surface area contributed by atoms with Gasteiger partial charge in [-0.1, -0.05) is 11.6 Å². The van der Waals surface area contributed by atoms with Gasteiger partial charge in [-0.05, 0) is 22.0 Å². The summed E-state index contributed by atoms with van der Waals surface area (Å²) in [5, 5.41) is 1.37. The zero-order valence-corrected chi connectivity index (χ0v) is 7.70. The third kappa shape index (κ3) is 1.04. The second kappa shape index (κ2) is 2.50. The molecule has 2 rings (SSSR count). The first-order valence-electron chi connectivity index (χ1n) is 3.48. The van der Waals surface area contributed by atoms with Crippen molar-refractivity contribution in [1.29, 1.82) is 0 Å². The zero-order chi connectivity index (χ0) is 8.72. The maximum atomic E-state index is 7.30. The number of H-pyrrole nitrogens is 1. The van der Waals surface area contributed by atoms with Crippen molar-refractivity contribution in [1.82, 2.24) is 9.97 Å². The molecule has 0 spiro atoms. The number of hydrogen-bond donors (Lipinski definition) is 1. The minimum Gasteiger partial charge on any atom is -0.345 e. The first-order valence-corrected chi connectivity index (χ1v) is 4.15. The molecular weight excluding hydrogens is 227 g/mol. The van der Waals surface area contributed by atoms with Crippen LogP contribution in [0.4, 0.5) is 0 Å². The summed E-state index contributed by atoms with van der Waals surface area (Å²) in [6.45, 7) is 0. The normalized spacial score (nSPS) is 12.0. The fraction of sp³-hybridized carbons (Fsp3) is 0. The summed E-state index contributed by atoms with van der Waals surface area (Å²) in [5.74, 6) is 0. The minimum atomic E-state index is 0.168. The van der Waals surface area contributed by atoms with Crippen molar-refractivity contribution in [3.8, 4) is 0 Å². The Morgan fingerprint density at radius 3 is 3.36 bits per heavy atom. The predicted molar refractivity (Wildman–Crippen MR) is 48.8 cm³/mol. The second-order valence-electron chi connectivity index (χ2n) is 2.09. The zero-order valence-electron chi connectivity index (χ0n) is 6.36. The van der Waals surface area contributed by atoms with Crippen LogP contribution in [0.5, 0.6) is 0 Å². The molecule has 0 fully saturated rings. The molecule has 0 radical (unpaired) electrons. The van der Waals surface area contributed by atoms with Gasteiger partial charge < -0.3 is 4.98 Å². The Balaban J connectivity index is 2.93. The van der Waals surface area contributed by atoms with Gasteiger partial charge in [-0.25, -0.2) is 4.98 Å². The molecule has 0 saturated heterocycles. The highest BCUT2D eigenvalue weighted by atomic mass is 79.9. The van der Waals surface area contributed by atoms with Crippen LogP contribution in [-0.4, -0.2) is 9.97 Å². The van der Waals surface area contributed by atoms with Gasteiger partial charge in [0.25, 0.3) is 0 Å². The van der Waals surface area contributed by atoms with Gasteiger partial charge in [-0.3, -0.25) is 0 Å². The number of nitrogens with zero attached hydrogens (tertiary/aromatic N) is 1. The van der Waals surface area contributed by atoms with Crippen LogP contribution in [0.1, 0.15) is 1.37 Å². The van der Waals surface area contributed by atoms with Crippen molar-refractivity contribution < 1.29 is 1.37 Å². The number of aromatic nitrogens is 2. The van der Waals surface area contributed by atoms with Crippen LogP contribution in [0.2, 0.25) is 5.02 Å². The Morgan fingerprint density at radius 2 is 2.55 bits per heavy atom. The van der Waals surface area contributed by atoms with Gasteiger partial charge in [0.15, 0.2) is 0 Å². The molecule has 0 atom stereocenters. The lowest BCUT2D eigenvalue weighted by Crippen LogP contribution is -1.74. The molecule has 56 valence electrons. The number of pyridine rings is 1. The van der Waals surface area contributed by atoms with E-state index in [2.05, 4.69) is 25.9 Å². The van der Waals surface area contributed by atoms with Crippen LogP contribution in [0, 0.1) is 0 Å². The van der Waals surface area contributed by atoms with Crippen LogP contribution >= 0.6 is 27.5 Å². The van der Waals surface area contributed by atoms with Gasteiger partial charge in [0.1, 0.15) is 5.65 Å². The van der Waals surface area contributed by atoms with Gasteiger partial charge in [0.2, 0.25) is 0 Å². The lowest BCUT2D eigenvalue weighted by Gasteiger charge is -1.91. The van der Waals surface area contributed by atoms with E-state index in [0.717, 1.165) is 9.86 Å². The Bertz CT molecular complexity index is 440. The molecule has 0 aliphatic heterocycles. The van der Waals surface area contributed by atoms with E-state index in [4.69, 9.17) is 13.0 Å². The molecule has 4 heteroatoms. The van der Waals surface area contributed by atoms with Crippen molar-refractivity contribution in [2.75, 3.05) is 0 Å². The fourth-order valence-electron chi connectivity index (χ4n) is 0.930. The summed E-state index contributed by atoms with van der Waals surface area (Å²) in [7, 11) is 0. The summed E-state index contributed by atoms with van der Waals surface area (Å²) in [5.41, 5.74) is 0.638. The maximum absolute atomic E-state index is 7.30. The average molecular weight is 233 g/mol. The molecule has 0 aliphatic rings. The fourth-order valence-corrected chi connectivity index (χ4v) is 1.80. The molecule has 2 nitrogen and oxygen atoms in total. The molecule has 0 aliphatic carbocycles. The van der Waals surface area contributed by atoms with Crippen LogP contribution in [0.3, 0.4) is 0 Å². The second-order valence-corrected chi connectivity index (χ2v) is 3.35. The number of fused-ring (bicyclic) bond motifs is 1. The van der Waals surface area contributed by atoms with E-state index in [0.29, 0.717) is 10.7 Å². The SMILES string of the molecule is [3H]c1cc(Cl)c2c(Br)c[nH]c2n1. The van der Waals surface area contributed by atoms with Crippen LogP contribution in [0.25, 0.3) is 11.0 Å². The third-order valence-electron chi connectivity index (χ3n) is 1.42. The van der Waals surface area contributed by atoms with E-state index < -0.39 is 0 Å². The molecule has 11 heavy (non-hydrogen) atoms. The van der Waals surface area contributed by atoms with E-state index in [9.17, 15) is 0 Å². The highest BCUT2D eigenvalue weighted by Gasteiger charge is 2.04. The maximum Gasteiger partial charge on any atom is 0.139 e. The van der Waals surface area contributed by atoms with Gasteiger partial charge in [0, 0.05) is 16.8 Å². The Labute approximate surface area is 78.1 Å². The molecule has 1 N–H and O–H groups in total. The van der Waals surface area contributed by atoms with Crippen LogP contribution in [-0.2, 0) is 0 Å². The molecule has 0 aromatic carbocycles. The summed E-state index contributed by atoms with van der Waals surface area (Å²) in [4.78, 5) is 6.86. The van der Waals surface area contributed by atoms with Gasteiger partial charge in [-0.15, -0.1) is 0 Å².